The molecule has 26 heavy (non-hydrogen) atoms. The first-order valence-corrected chi connectivity index (χ1v) is 8.87. The van der Waals surface area contributed by atoms with E-state index < -0.39 is 0 Å². The molecule has 0 bridgehead atoms. The average molecular weight is 348 g/mol. The van der Waals surface area contributed by atoms with Gasteiger partial charge in [0.1, 0.15) is 11.5 Å². The highest BCUT2D eigenvalue weighted by Crippen LogP contribution is 2.42. The number of carbonyl (C=O) groups excluding carboxylic acids is 1. The fourth-order valence-corrected chi connectivity index (χ4v) is 4.33. The second-order valence-electron chi connectivity index (χ2n) is 7.38. The predicted octanol–water partition coefficient (Wildman–Crippen LogP) is 1.77. The third-order valence-electron chi connectivity index (χ3n) is 5.69. The Morgan fingerprint density at radius 1 is 1.19 bits per heavy atom. The summed E-state index contributed by atoms with van der Waals surface area (Å²) >= 11 is 0. The van der Waals surface area contributed by atoms with Gasteiger partial charge < -0.3 is 9.47 Å². The van der Waals surface area contributed by atoms with E-state index in [0.717, 1.165) is 49.6 Å². The van der Waals surface area contributed by atoms with Crippen LogP contribution in [0.25, 0.3) is 11.3 Å². The maximum absolute atomic E-state index is 12.8. The molecule has 1 spiro atoms. The first-order chi connectivity index (χ1) is 12.7. The van der Waals surface area contributed by atoms with Crippen LogP contribution in [0.2, 0.25) is 0 Å². The van der Waals surface area contributed by atoms with Crippen molar-refractivity contribution in [1.29, 1.82) is 0 Å². The van der Waals surface area contributed by atoms with E-state index in [1.807, 2.05) is 30.4 Å². The molecule has 0 aromatic carbocycles. The van der Waals surface area contributed by atoms with Crippen molar-refractivity contribution in [2.45, 2.75) is 19.4 Å². The van der Waals surface area contributed by atoms with Gasteiger partial charge in [-0.1, -0.05) is 0 Å². The molecule has 1 fully saturated rings. The molecular formula is C19H20N6O. The van der Waals surface area contributed by atoms with Gasteiger partial charge in [-0.05, 0) is 24.6 Å². The molecule has 7 nitrogen and oxygen atoms in total. The molecule has 1 atom stereocenters. The van der Waals surface area contributed by atoms with Gasteiger partial charge in [0.15, 0.2) is 0 Å². The molecule has 0 saturated carbocycles. The number of carbonyl (C=O) groups is 1. The maximum atomic E-state index is 12.8. The summed E-state index contributed by atoms with van der Waals surface area (Å²) in [6, 6.07) is 5.80. The maximum Gasteiger partial charge on any atom is 0.272 e. The molecule has 0 N–H and O–H groups in total. The van der Waals surface area contributed by atoms with Gasteiger partial charge in [0.2, 0.25) is 0 Å². The van der Waals surface area contributed by atoms with Crippen LogP contribution in [-0.2, 0) is 20.0 Å². The SMILES string of the molecule is Cn1nccc1C(=O)N1CCC2(Cc3ncc(-c4cccnc4)n3C2)C1. The van der Waals surface area contributed by atoms with Crippen molar-refractivity contribution in [2.24, 2.45) is 12.5 Å². The number of rotatable bonds is 2. The van der Waals surface area contributed by atoms with E-state index in [9.17, 15) is 4.79 Å². The third kappa shape index (κ3) is 2.27. The number of nitrogens with zero attached hydrogens (tertiary/aromatic N) is 6. The Morgan fingerprint density at radius 3 is 2.88 bits per heavy atom. The van der Waals surface area contributed by atoms with E-state index in [-0.39, 0.29) is 11.3 Å². The first-order valence-electron chi connectivity index (χ1n) is 8.87. The summed E-state index contributed by atoms with van der Waals surface area (Å²) in [5, 5.41) is 4.12. The Hall–Kier alpha value is -2.96. The molecule has 1 unspecified atom stereocenters. The van der Waals surface area contributed by atoms with Crippen LogP contribution in [0, 0.1) is 5.41 Å². The smallest absolute Gasteiger partial charge is 0.272 e. The largest absolute Gasteiger partial charge is 0.337 e. The van der Waals surface area contributed by atoms with Crippen LogP contribution in [0.4, 0.5) is 0 Å². The summed E-state index contributed by atoms with van der Waals surface area (Å²) in [6.45, 7) is 2.46. The fraction of sp³-hybridized carbons (Fsp3) is 0.368. The minimum atomic E-state index is 0.0684. The fourth-order valence-electron chi connectivity index (χ4n) is 4.33. The van der Waals surface area contributed by atoms with Crippen molar-refractivity contribution in [3.8, 4) is 11.3 Å². The predicted molar refractivity (Wildman–Crippen MR) is 95.3 cm³/mol. The quantitative estimate of drug-likeness (QED) is 0.708. The molecule has 0 aliphatic carbocycles. The number of fused-ring (bicyclic) bond motifs is 1. The van der Waals surface area contributed by atoms with Crippen molar-refractivity contribution < 1.29 is 4.79 Å². The summed E-state index contributed by atoms with van der Waals surface area (Å²) in [7, 11) is 1.81. The lowest BCUT2D eigenvalue weighted by Gasteiger charge is -2.23. The standard InChI is InChI=1S/C19H20N6O/c1-23-15(4-7-22-23)18(26)24-8-5-19(12-24)9-17-21-11-16(25(17)13-19)14-3-2-6-20-10-14/h2-4,6-7,10-11H,5,8-9,12-13H2,1H3. The average Bonchev–Trinajstić information content (AvgIpc) is 3.41. The number of hydrogen-bond donors (Lipinski definition) is 0. The van der Waals surface area contributed by atoms with Crippen LogP contribution in [0.1, 0.15) is 22.7 Å². The Morgan fingerprint density at radius 2 is 2.12 bits per heavy atom. The Kier molecular flexibility index (Phi) is 3.25. The number of aryl methyl sites for hydroxylation is 1. The molecule has 3 aromatic heterocycles. The molecule has 7 heteroatoms. The van der Waals surface area contributed by atoms with E-state index in [1.54, 1.807) is 23.1 Å². The van der Waals surface area contributed by atoms with Gasteiger partial charge in [-0.2, -0.15) is 5.10 Å². The van der Waals surface area contributed by atoms with Gasteiger partial charge in [0, 0.05) is 62.7 Å². The van der Waals surface area contributed by atoms with E-state index in [4.69, 9.17) is 0 Å². The molecule has 2 aliphatic heterocycles. The zero-order valence-corrected chi connectivity index (χ0v) is 14.7. The molecule has 1 amide bonds. The second-order valence-corrected chi connectivity index (χ2v) is 7.38. The summed E-state index contributed by atoms with van der Waals surface area (Å²) in [5.41, 5.74) is 2.94. The zero-order chi connectivity index (χ0) is 17.7. The summed E-state index contributed by atoms with van der Waals surface area (Å²) in [6.07, 6.45) is 9.19. The van der Waals surface area contributed by atoms with Gasteiger partial charge in [-0.3, -0.25) is 14.5 Å². The number of likely N-dealkylation sites (tertiary alicyclic amines) is 1. The van der Waals surface area contributed by atoms with Crippen LogP contribution in [-0.4, -0.2) is 48.2 Å². The van der Waals surface area contributed by atoms with Crippen molar-refractivity contribution in [2.75, 3.05) is 13.1 Å². The van der Waals surface area contributed by atoms with Crippen molar-refractivity contribution in [3.05, 3.63) is 54.5 Å². The monoisotopic (exact) mass is 348 g/mol. The molecule has 0 radical (unpaired) electrons. The molecular weight excluding hydrogens is 328 g/mol. The molecule has 1 saturated heterocycles. The van der Waals surface area contributed by atoms with Crippen molar-refractivity contribution in [3.63, 3.8) is 0 Å². The van der Waals surface area contributed by atoms with Gasteiger partial charge >= 0.3 is 0 Å². The second kappa shape index (κ2) is 5.52. The molecule has 2 aliphatic rings. The summed E-state index contributed by atoms with van der Waals surface area (Å²) in [5.74, 6) is 1.18. The number of imidazole rings is 1. The van der Waals surface area contributed by atoms with E-state index in [1.165, 1.54) is 0 Å². The van der Waals surface area contributed by atoms with Crippen molar-refractivity contribution in [1.82, 2.24) is 29.2 Å². The topological polar surface area (TPSA) is 68.8 Å². The van der Waals surface area contributed by atoms with Crippen molar-refractivity contribution >= 4 is 5.91 Å². The van der Waals surface area contributed by atoms with Crippen LogP contribution >= 0.6 is 0 Å². The molecule has 132 valence electrons. The Bertz CT molecular complexity index is 975. The Balaban J connectivity index is 1.38. The Labute approximate surface area is 151 Å². The lowest BCUT2D eigenvalue weighted by Crippen LogP contribution is -2.34. The number of pyridine rings is 1. The first kappa shape index (κ1) is 15.3. The highest BCUT2D eigenvalue weighted by Gasteiger charge is 2.46. The van der Waals surface area contributed by atoms with Crippen LogP contribution in [0.3, 0.4) is 0 Å². The van der Waals surface area contributed by atoms with Crippen LogP contribution in [0.15, 0.2) is 43.0 Å². The number of amides is 1. The normalized spacial score (nSPS) is 21.5. The van der Waals surface area contributed by atoms with E-state index in [0.29, 0.717) is 5.69 Å². The highest BCUT2D eigenvalue weighted by atomic mass is 16.2. The number of aromatic nitrogens is 5. The summed E-state index contributed by atoms with van der Waals surface area (Å²) < 4.78 is 3.95. The van der Waals surface area contributed by atoms with E-state index in [2.05, 4.69) is 25.7 Å². The minimum Gasteiger partial charge on any atom is -0.337 e. The number of hydrogen-bond acceptors (Lipinski definition) is 4. The minimum absolute atomic E-state index is 0.0684. The molecule has 3 aromatic rings. The van der Waals surface area contributed by atoms with Crippen LogP contribution < -0.4 is 0 Å². The van der Waals surface area contributed by atoms with Gasteiger partial charge in [-0.25, -0.2) is 4.98 Å². The van der Waals surface area contributed by atoms with Gasteiger partial charge in [0.25, 0.3) is 5.91 Å². The molecule has 5 heterocycles. The summed E-state index contributed by atoms with van der Waals surface area (Å²) in [4.78, 5) is 23.6. The highest BCUT2D eigenvalue weighted by molar-refractivity contribution is 5.92. The third-order valence-corrected chi connectivity index (χ3v) is 5.69. The van der Waals surface area contributed by atoms with Gasteiger partial charge in [0.05, 0.1) is 11.9 Å². The molecule has 5 rings (SSSR count). The lowest BCUT2D eigenvalue weighted by atomic mass is 9.86. The lowest BCUT2D eigenvalue weighted by molar-refractivity contribution is 0.0761. The zero-order valence-electron chi connectivity index (χ0n) is 14.7. The van der Waals surface area contributed by atoms with E-state index >= 15 is 0 Å². The van der Waals surface area contributed by atoms with Gasteiger partial charge in [-0.15, -0.1) is 0 Å². The van der Waals surface area contributed by atoms with Crippen LogP contribution in [0.5, 0.6) is 0 Å².